The van der Waals surface area contributed by atoms with E-state index >= 15 is 0 Å². The molecule has 5 nitrogen and oxygen atoms in total. The summed E-state index contributed by atoms with van der Waals surface area (Å²) in [5.41, 5.74) is 0.703. The first kappa shape index (κ1) is 12.4. The Bertz CT molecular complexity index is 553. The van der Waals surface area contributed by atoms with Gasteiger partial charge in [-0.2, -0.15) is 0 Å². The van der Waals surface area contributed by atoms with Crippen molar-refractivity contribution >= 4 is 29.2 Å². The minimum absolute atomic E-state index is 0.0941. The molecule has 0 aromatic heterocycles. The van der Waals surface area contributed by atoms with Crippen LogP contribution in [0.1, 0.15) is 0 Å². The number of rotatable bonds is 1. The Kier molecular flexibility index (Phi) is 3.25. The number of fused-ring (bicyclic) bond motifs is 1. The molecule has 1 aromatic rings. The third-order valence-corrected chi connectivity index (χ3v) is 2.75. The molecule has 0 fully saturated rings. The van der Waals surface area contributed by atoms with Crippen molar-refractivity contribution < 1.29 is 19.1 Å². The molecule has 0 amide bonds. The molecule has 0 N–H and O–H groups in total. The molecule has 0 bridgehead atoms. The molecule has 0 saturated heterocycles. The van der Waals surface area contributed by atoms with E-state index in [0.717, 1.165) is 6.08 Å². The van der Waals surface area contributed by atoms with Crippen molar-refractivity contribution in [3.05, 3.63) is 35.0 Å². The zero-order valence-electron chi connectivity index (χ0n) is 9.77. The van der Waals surface area contributed by atoms with Gasteiger partial charge in [-0.15, -0.1) is 0 Å². The van der Waals surface area contributed by atoms with Gasteiger partial charge in [0.15, 0.2) is 5.75 Å². The van der Waals surface area contributed by atoms with Crippen molar-refractivity contribution in [1.29, 1.82) is 0 Å². The average molecular weight is 268 g/mol. The van der Waals surface area contributed by atoms with Crippen molar-refractivity contribution in [2.45, 2.75) is 0 Å². The minimum Gasteiger partial charge on any atom is -0.466 e. The molecule has 0 radical (unpaired) electrons. The van der Waals surface area contributed by atoms with Crippen LogP contribution in [-0.2, 0) is 14.3 Å². The number of carbonyl (C=O) groups is 2. The second-order valence-electron chi connectivity index (χ2n) is 3.61. The molecular formula is C12H10ClNO4. The van der Waals surface area contributed by atoms with E-state index in [9.17, 15) is 9.59 Å². The Balaban J connectivity index is 2.47. The predicted octanol–water partition coefficient (Wildman–Crippen LogP) is 1.75. The molecule has 0 aliphatic carbocycles. The highest BCUT2D eigenvalue weighted by molar-refractivity contribution is 6.31. The number of likely N-dealkylation sites (N-methyl/N-ethyl adjacent to an activating group) is 1. The maximum atomic E-state index is 11.7. The van der Waals surface area contributed by atoms with E-state index in [2.05, 4.69) is 4.74 Å². The number of methoxy groups -OCH3 is 1. The molecule has 94 valence electrons. The van der Waals surface area contributed by atoms with E-state index in [-0.39, 0.29) is 5.70 Å². The van der Waals surface area contributed by atoms with E-state index in [1.807, 2.05) is 0 Å². The van der Waals surface area contributed by atoms with Crippen LogP contribution in [-0.4, -0.2) is 26.1 Å². The van der Waals surface area contributed by atoms with Gasteiger partial charge < -0.3 is 14.4 Å². The summed E-state index contributed by atoms with van der Waals surface area (Å²) in [4.78, 5) is 24.5. The predicted molar refractivity (Wildman–Crippen MR) is 65.6 cm³/mol. The van der Waals surface area contributed by atoms with Gasteiger partial charge in [0.2, 0.25) is 0 Å². The number of hydrogen-bond acceptors (Lipinski definition) is 5. The zero-order valence-corrected chi connectivity index (χ0v) is 10.5. The standard InChI is InChI=1S/C12H10ClNO4/c1-14-8-5-7(13)3-4-10(8)18-12(16)9(14)6-11(15)17-2/h3-6H,1-2H3/b9-6-. The SMILES string of the molecule is COC(=O)/C=C1/C(=O)Oc2ccc(Cl)cc2N1C. The smallest absolute Gasteiger partial charge is 0.360 e. The highest BCUT2D eigenvalue weighted by atomic mass is 35.5. The lowest BCUT2D eigenvalue weighted by molar-refractivity contribution is -0.136. The van der Waals surface area contributed by atoms with Crippen LogP contribution in [0.5, 0.6) is 5.75 Å². The molecule has 0 unspecified atom stereocenters. The summed E-state index contributed by atoms with van der Waals surface area (Å²) < 4.78 is 9.59. The molecule has 6 heteroatoms. The Labute approximate surface area is 109 Å². The van der Waals surface area contributed by atoms with Crippen LogP contribution < -0.4 is 9.64 Å². The van der Waals surface area contributed by atoms with Gasteiger partial charge in [-0.3, -0.25) is 0 Å². The first-order chi connectivity index (χ1) is 8.52. The first-order valence-corrected chi connectivity index (χ1v) is 5.46. The Morgan fingerprint density at radius 3 is 2.89 bits per heavy atom. The number of nitrogens with zero attached hydrogens (tertiary/aromatic N) is 1. The number of esters is 2. The van der Waals surface area contributed by atoms with Crippen LogP contribution >= 0.6 is 11.6 Å². The Hall–Kier alpha value is -2.01. The van der Waals surface area contributed by atoms with Crippen LogP contribution in [0.2, 0.25) is 5.02 Å². The molecular weight excluding hydrogens is 258 g/mol. The quantitative estimate of drug-likeness (QED) is 0.441. The van der Waals surface area contributed by atoms with Gasteiger partial charge in [-0.25, -0.2) is 9.59 Å². The summed E-state index contributed by atoms with van der Waals surface area (Å²) in [5.74, 6) is -0.842. The largest absolute Gasteiger partial charge is 0.466 e. The van der Waals surface area contributed by atoms with E-state index in [0.29, 0.717) is 16.5 Å². The number of hydrogen-bond donors (Lipinski definition) is 0. The lowest BCUT2D eigenvalue weighted by Gasteiger charge is -2.28. The third-order valence-electron chi connectivity index (χ3n) is 2.51. The maximum absolute atomic E-state index is 11.7. The van der Waals surface area contributed by atoms with Gasteiger partial charge in [-0.1, -0.05) is 11.6 Å². The number of halogens is 1. The van der Waals surface area contributed by atoms with Crippen molar-refractivity contribution in [1.82, 2.24) is 0 Å². The van der Waals surface area contributed by atoms with Crippen molar-refractivity contribution in [2.75, 3.05) is 19.1 Å². The number of carbonyl (C=O) groups excluding carboxylic acids is 2. The van der Waals surface area contributed by atoms with Crippen LogP contribution in [0, 0.1) is 0 Å². The van der Waals surface area contributed by atoms with Crippen LogP contribution in [0.25, 0.3) is 0 Å². The minimum atomic E-state index is -0.626. The highest BCUT2D eigenvalue weighted by Crippen LogP contribution is 2.36. The van der Waals surface area contributed by atoms with Gasteiger partial charge in [-0.05, 0) is 18.2 Å². The van der Waals surface area contributed by atoms with Gasteiger partial charge >= 0.3 is 11.9 Å². The molecule has 1 aliphatic heterocycles. The lowest BCUT2D eigenvalue weighted by atomic mass is 10.2. The third kappa shape index (κ3) is 2.17. The summed E-state index contributed by atoms with van der Waals surface area (Å²) >= 11 is 5.88. The fraction of sp³-hybridized carbons (Fsp3) is 0.167. The molecule has 0 atom stereocenters. The van der Waals surface area contributed by atoms with Crippen molar-refractivity contribution in [2.24, 2.45) is 0 Å². The second-order valence-corrected chi connectivity index (χ2v) is 4.05. The summed E-state index contributed by atoms with van der Waals surface area (Å²) in [6.45, 7) is 0. The highest BCUT2D eigenvalue weighted by Gasteiger charge is 2.28. The molecule has 1 aliphatic rings. The summed E-state index contributed by atoms with van der Waals surface area (Å²) in [6.07, 6.45) is 1.08. The Morgan fingerprint density at radius 2 is 2.22 bits per heavy atom. The average Bonchev–Trinajstić information content (AvgIpc) is 2.35. The van der Waals surface area contributed by atoms with E-state index < -0.39 is 11.9 Å². The van der Waals surface area contributed by atoms with E-state index in [1.54, 1.807) is 25.2 Å². The van der Waals surface area contributed by atoms with Gasteiger partial charge in [0.1, 0.15) is 5.70 Å². The maximum Gasteiger partial charge on any atom is 0.360 e. The van der Waals surface area contributed by atoms with Crippen LogP contribution in [0.4, 0.5) is 5.69 Å². The molecule has 1 aromatic carbocycles. The zero-order chi connectivity index (χ0) is 13.3. The number of ether oxygens (including phenoxy) is 2. The molecule has 1 heterocycles. The second kappa shape index (κ2) is 4.70. The molecule has 0 saturated carbocycles. The van der Waals surface area contributed by atoms with Gasteiger partial charge in [0.05, 0.1) is 18.9 Å². The Morgan fingerprint density at radius 1 is 1.50 bits per heavy atom. The van der Waals surface area contributed by atoms with Crippen LogP contribution in [0.3, 0.4) is 0 Å². The normalized spacial score (nSPS) is 16.3. The molecule has 2 rings (SSSR count). The molecule has 0 spiro atoms. The van der Waals surface area contributed by atoms with Crippen molar-refractivity contribution in [3.63, 3.8) is 0 Å². The van der Waals surface area contributed by atoms with Crippen LogP contribution in [0.15, 0.2) is 30.0 Å². The summed E-state index contributed by atoms with van der Waals surface area (Å²) in [6, 6.07) is 4.87. The van der Waals surface area contributed by atoms with Gasteiger partial charge in [0, 0.05) is 12.1 Å². The fourth-order valence-corrected chi connectivity index (χ4v) is 1.75. The molecule has 18 heavy (non-hydrogen) atoms. The number of benzene rings is 1. The fourth-order valence-electron chi connectivity index (χ4n) is 1.58. The topological polar surface area (TPSA) is 55.8 Å². The van der Waals surface area contributed by atoms with Crippen molar-refractivity contribution in [3.8, 4) is 5.75 Å². The van der Waals surface area contributed by atoms with Gasteiger partial charge in [0.25, 0.3) is 0 Å². The first-order valence-electron chi connectivity index (χ1n) is 5.08. The van der Waals surface area contributed by atoms with E-state index in [1.165, 1.54) is 12.0 Å². The lowest BCUT2D eigenvalue weighted by Crippen LogP contribution is -2.32. The van der Waals surface area contributed by atoms with E-state index in [4.69, 9.17) is 16.3 Å². The summed E-state index contributed by atoms with van der Waals surface area (Å²) in [7, 11) is 2.88. The monoisotopic (exact) mass is 267 g/mol. The summed E-state index contributed by atoms with van der Waals surface area (Å²) in [5, 5.41) is 0.510. The number of anilines is 1.